The fourth-order valence-corrected chi connectivity index (χ4v) is 4.60. The van der Waals surface area contributed by atoms with Gasteiger partial charge < -0.3 is 20.1 Å². The van der Waals surface area contributed by atoms with Crippen molar-refractivity contribution in [3.05, 3.63) is 35.9 Å². The zero-order valence-corrected chi connectivity index (χ0v) is 17.4. The molecule has 7 heteroatoms. The quantitative estimate of drug-likeness (QED) is 0.731. The number of rotatable bonds is 7. The van der Waals surface area contributed by atoms with Gasteiger partial charge in [-0.15, -0.1) is 0 Å². The minimum absolute atomic E-state index is 0.0336. The fraction of sp³-hybridized carbons (Fsp3) is 0.591. The molecule has 1 heterocycles. The van der Waals surface area contributed by atoms with Gasteiger partial charge in [-0.2, -0.15) is 0 Å². The van der Waals surface area contributed by atoms with Gasteiger partial charge in [0, 0.05) is 12.5 Å². The highest BCUT2D eigenvalue weighted by molar-refractivity contribution is 5.90. The number of aliphatic carboxylic acids is 1. The third kappa shape index (κ3) is 4.38. The van der Waals surface area contributed by atoms with Gasteiger partial charge in [0.2, 0.25) is 5.91 Å². The molecule has 0 radical (unpaired) electrons. The molecule has 0 aromatic heterocycles. The number of likely N-dealkylation sites (tertiary alicyclic amines) is 1. The normalized spacial score (nSPS) is 25.3. The van der Waals surface area contributed by atoms with E-state index < -0.39 is 24.1 Å². The highest BCUT2D eigenvalue weighted by Crippen LogP contribution is 2.64. The van der Waals surface area contributed by atoms with Crippen molar-refractivity contribution in [2.75, 3.05) is 6.54 Å². The second-order valence-electron chi connectivity index (χ2n) is 9.12. The van der Waals surface area contributed by atoms with E-state index >= 15 is 0 Å². The molecule has 29 heavy (non-hydrogen) atoms. The highest BCUT2D eigenvalue weighted by atomic mass is 16.5. The van der Waals surface area contributed by atoms with E-state index in [-0.39, 0.29) is 35.7 Å². The lowest BCUT2D eigenvalue weighted by Crippen LogP contribution is -2.54. The molecule has 3 rings (SSSR count). The van der Waals surface area contributed by atoms with Crippen LogP contribution in [0.4, 0.5) is 4.79 Å². The first-order chi connectivity index (χ1) is 13.6. The van der Waals surface area contributed by atoms with E-state index in [0.29, 0.717) is 13.0 Å². The Morgan fingerprint density at radius 3 is 2.48 bits per heavy atom. The Bertz CT molecular complexity index is 777. The van der Waals surface area contributed by atoms with E-state index in [2.05, 4.69) is 5.32 Å². The zero-order valence-electron chi connectivity index (χ0n) is 17.4. The van der Waals surface area contributed by atoms with Gasteiger partial charge in [-0.05, 0) is 29.2 Å². The number of fused-ring (bicyclic) bond motifs is 1. The maximum absolute atomic E-state index is 13.2. The minimum atomic E-state index is -0.980. The van der Waals surface area contributed by atoms with Gasteiger partial charge in [0.1, 0.15) is 18.7 Å². The average Bonchev–Trinajstić information content (AvgIpc) is 3.02. The molecular weight excluding hydrogens is 372 g/mol. The lowest BCUT2D eigenvalue weighted by molar-refractivity contribution is -0.151. The van der Waals surface area contributed by atoms with Gasteiger partial charge in [-0.1, -0.05) is 58.0 Å². The molecule has 1 saturated carbocycles. The smallest absolute Gasteiger partial charge is 0.408 e. The van der Waals surface area contributed by atoms with Crippen LogP contribution < -0.4 is 5.32 Å². The number of carbonyl (C=O) groups excluding carboxylic acids is 2. The van der Waals surface area contributed by atoms with Crippen LogP contribution in [-0.2, 0) is 20.9 Å². The van der Waals surface area contributed by atoms with Crippen molar-refractivity contribution in [1.82, 2.24) is 10.2 Å². The van der Waals surface area contributed by atoms with Crippen molar-refractivity contribution in [2.24, 2.45) is 23.2 Å². The molecule has 0 spiro atoms. The van der Waals surface area contributed by atoms with Crippen LogP contribution in [0, 0.1) is 23.2 Å². The predicted molar refractivity (Wildman–Crippen MR) is 107 cm³/mol. The molecule has 2 aliphatic rings. The largest absolute Gasteiger partial charge is 0.480 e. The summed E-state index contributed by atoms with van der Waals surface area (Å²) < 4.78 is 5.25. The summed E-state index contributed by atoms with van der Waals surface area (Å²) in [5.74, 6) is -1.02. The predicted octanol–water partition coefficient (Wildman–Crippen LogP) is 2.90. The molecule has 2 fully saturated rings. The number of hydrogen-bond acceptors (Lipinski definition) is 4. The molecule has 1 aliphatic carbocycles. The van der Waals surface area contributed by atoms with Crippen LogP contribution in [0.3, 0.4) is 0 Å². The zero-order chi connectivity index (χ0) is 21.3. The maximum atomic E-state index is 13.2. The van der Waals surface area contributed by atoms with E-state index in [0.717, 1.165) is 5.56 Å². The molecule has 2 amide bonds. The van der Waals surface area contributed by atoms with Gasteiger partial charge in [0.25, 0.3) is 0 Å². The van der Waals surface area contributed by atoms with Gasteiger partial charge in [-0.25, -0.2) is 9.59 Å². The number of nitrogens with one attached hydrogen (secondary N) is 1. The topological polar surface area (TPSA) is 95.9 Å². The average molecular weight is 402 g/mol. The molecule has 4 unspecified atom stereocenters. The first-order valence-electron chi connectivity index (χ1n) is 10.1. The Kier molecular flexibility index (Phi) is 5.87. The molecule has 4 atom stereocenters. The molecule has 0 bridgehead atoms. The van der Waals surface area contributed by atoms with Crippen molar-refractivity contribution in [1.29, 1.82) is 0 Å². The van der Waals surface area contributed by atoms with Crippen LogP contribution in [0.25, 0.3) is 0 Å². The van der Waals surface area contributed by atoms with Gasteiger partial charge >= 0.3 is 12.1 Å². The number of amides is 2. The lowest BCUT2D eigenvalue weighted by atomic mass is 9.98. The molecule has 1 aliphatic heterocycles. The summed E-state index contributed by atoms with van der Waals surface area (Å²) in [6, 6.07) is 7.64. The summed E-state index contributed by atoms with van der Waals surface area (Å²) in [6.07, 6.45) is -0.259. The third-order valence-corrected chi connectivity index (χ3v) is 6.25. The molecule has 2 N–H and O–H groups in total. The number of hydrogen-bond donors (Lipinski definition) is 2. The number of ether oxygens (including phenoxy) is 1. The third-order valence-electron chi connectivity index (χ3n) is 6.25. The van der Waals surface area contributed by atoms with Crippen LogP contribution in [0.5, 0.6) is 0 Å². The Morgan fingerprint density at radius 1 is 1.24 bits per heavy atom. The number of carboxylic acid groups (broad SMARTS) is 1. The number of alkyl carbamates (subject to hydrolysis) is 1. The second kappa shape index (κ2) is 8.05. The summed E-state index contributed by atoms with van der Waals surface area (Å²) >= 11 is 0. The van der Waals surface area contributed by atoms with E-state index in [1.807, 2.05) is 58.0 Å². The van der Waals surface area contributed by atoms with Crippen LogP contribution in [0.15, 0.2) is 30.3 Å². The van der Waals surface area contributed by atoms with Crippen LogP contribution in [0.2, 0.25) is 0 Å². The molecule has 1 aromatic rings. The molecule has 158 valence electrons. The number of nitrogens with zero attached hydrogens (tertiary/aromatic N) is 1. The van der Waals surface area contributed by atoms with Crippen molar-refractivity contribution in [3.63, 3.8) is 0 Å². The van der Waals surface area contributed by atoms with Crippen molar-refractivity contribution < 1.29 is 24.2 Å². The van der Waals surface area contributed by atoms with Crippen molar-refractivity contribution >= 4 is 18.0 Å². The molecule has 7 nitrogen and oxygen atoms in total. The summed E-state index contributed by atoms with van der Waals surface area (Å²) in [6.45, 7) is 8.53. The van der Waals surface area contributed by atoms with Gasteiger partial charge in [0.05, 0.1) is 0 Å². The Hall–Kier alpha value is -2.57. The number of piperidine rings is 1. The monoisotopic (exact) mass is 402 g/mol. The van der Waals surface area contributed by atoms with E-state index in [1.165, 1.54) is 4.90 Å². The second-order valence-corrected chi connectivity index (χ2v) is 9.12. The first-order valence-corrected chi connectivity index (χ1v) is 10.1. The first kappa shape index (κ1) is 21.1. The molecular formula is C22H30N2O5. The summed E-state index contributed by atoms with van der Waals surface area (Å²) in [5, 5.41) is 12.4. The Balaban J connectivity index is 1.65. The Labute approximate surface area is 171 Å². The van der Waals surface area contributed by atoms with E-state index in [1.54, 1.807) is 0 Å². The van der Waals surface area contributed by atoms with Crippen LogP contribution in [0.1, 0.15) is 39.7 Å². The fourth-order valence-electron chi connectivity index (χ4n) is 4.60. The summed E-state index contributed by atoms with van der Waals surface area (Å²) in [7, 11) is 0. The summed E-state index contributed by atoms with van der Waals surface area (Å²) in [5.41, 5.74) is 0.789. The molecule has 1 saturated heterocycles. The van der Waals surface area contributed by atoms with E-state index in [4.69, 9.17) is 4.74 Å². The maximum Gasteiger partial charge on any atom is 0.408 e. The van der Waals surface area contributed by atoms with Gasteiger partial charge in [-0.3, -0.25) is 4.79 Å². The Morgan fingerprint density at radius 2 is 1.90 bits per heavy atom. The van der Waals surface area contributed by atoms with Crippen LogP contribution in [-0.4, -0.2) is 46.6 Å². The van der Waals surface area contributed by atoms with Crippen molar-refractivity contribution in [3.8, 4) is 0 Å². The standard InChI is InChI=1S/C22H30N2O5/c1-13(2)10-16(23-21(28)29-12-14-8-6-5-7-9-14)19(25)24-11-15-17(22(15,3)4)18(24)20(26)27/h5-9,13,15-18H,10-12H2,1-4H3,(H,23,28)(H,26,27). The summed E-state index contributed by atoms with van der Waals surface area (Å²) in [4.78, 5) is 38.8. The number of benzene rings is 1. The number of carbonyl (C=O) groups is 3. The highest BCUT2D eigenvalue weighted by Gasteiger charge is 2.69. The number of carboxylic acids is 1. The van der Waals surface area contributed by atoms with E-state index in [9.17, 15) is 19.5 Å². The van der Waals surface area contributed by atoms with Crippen molar-refractivity contribution in [2.45, 2.75) is 52.8 Å². The van der Waals surface area contributed by atoms with Gasteiger partial charge in [0.15, 0.2) is 0 Å². The van der Waals surface area contributed by atoms with Crippen LogP contribution >= 0.6 is 0 Å². The lowest BCUT2D eigenvalue weighted by Gasteiger charge is -2.32. The minimum Gasteiger partial charge on any atom is -0.480 e. The molecule has 1 aromatic carbocycles. The SMILES string of the molecule is CC(C)CC(NC(=O)OCc1ccccc1)C(=O)N1CC2C(C1C(=O)O)C2(C)C.